The number of carbonyl (C=O) groups is 1. The maximum Gasteiger partial charge on any atom is 0.415 e. The van der Waals surface area contributed by atoms with E-state index in [0.29, 0.717) is 17.5 Å². The van der Waals surface area contributed by atoms with Gasteiger partial charge in [-0.15, -0.1) is 0 Å². The van der Waals surface area contributed by atoms with E-state index in [0.717, 1.165) is 23.1 Å². The number of rotatable bonds is 3. The van der Waals surface area contributed by atoms with Gasteiger partial charge < -0.3 is 10.1 Å². The van der Waals surface area contributed by atoms with E-state index < -0.39 is 11.7 Å². The molecule has 1 N–H and O–H groups in total. The molecule has 2 aromatic rings. The number of carbonyl (C=O) groups excluding carboxylic acids is 1. The van der Waals surface area contributed by atoms with Crippen molar-refractivity contribution in [3.63, 3.8) is 0 Å². The van der Waals surface area contributed by atoms with Gasteiger partial charge in [0.25, 0.3) is 0 Å². The molecule has 1 aliphatic rings. The van der Waals surface area contributed by atoms with Gasteiger partial charge in [-0.1, -0.05) is 19.3 Å². The second kappa shape index (κ2) is 7.42. The lowest BCUT2D eigenvalue weighted by atomic mass is 9.95. The van der Waals surface area contributed by atoms with Crippen molar-refractivity contribution in [1.29, 1.82) is 0 Å². The van der Waals surface area contributed by atoms with Gasteiger partial charge in [-0.3, -0.25) is 4.90 Å². The highest BCUT2D eigenvalue weighted by molar-refractivity contribution is 9.10. The maximum absolute atomic E-state index is 12.5. The van der Waals surface area contributed by atoms with Crippen LogP contribution in [-0.2, 0) is 4.74 Å². The average molecular weight is 424 g/mol. The number of nitrogens with one attached hydrogen (secondary N) is 1. The minimum Gasteiger partial charge on any atom is -0.443 e. The van der Waals surface area contributed by atoms with E-state index in [1.807, 2.05) is 26.8 Å². The molecule has 3 rings (SSSR count). The summed E-state index contributed by atoms with van der Waals surface area (Å²) >= 11 is 3.49. The first-order valence-corrected chi connectivity index (χ1v) is 9.81. The molecular formula is C18H26BrN5O2. The van der Waals surface area contributed by atoms with E-state index in [1.54, 1.807) is 17.8 Å². The Hall–Kier alpha value is -1.83. The van der Waals surface area contributed by atoms with Crippen LogP contribution in [0, 0.1) is 0 Å². The van der Waals surface area contributed by atoms with Crippen LogP contribution in [0.3, 0.4) is 0 Å². The summed E-state index contributed by atoms with van der Waals surface area (Å²) in [6.07, 6.45) is 7.31. The fourth-order valence-corrected chi connectivity index (χ4v) is 3.46. The van der Waals surface area contributed by atoms with Crippen LogP contribution in [-0.4, -0.2) is 39.4 Å². The second-order valence-electron chi connectivity index (χ2n) is 7.75. The van der Waals surface area contributed by atoms with Crippen molar-refractivity contribution >= 4 is 39.3 Å². The number of ether oxygens (including phenoxy) is 1. The molecule has 142 valence electrons. The average Bonchev–Trinajstić information content (AvgIpc) is 2.94. The van der Waals surface area contributed by atoms with Gasteiger partial charge in [0.15, 0.2) is 5.65 Å². The number of hydrogen-bond acceptors (Lipinski definition) is 5. The predicted octanol–water partition coefficient (Wildman–Crippen LogP) is 4.61. The lowest BCUT2D eigenvalue weighted by Gasteiger charge is -2.26. The summed E-state index contributed by atoms with van der Waals surface area (Å²) in [5.74, 6) is 1.35. The molecule has 2 aromatic heterocycles. The minimum atomic E-state index is -0.564. The molecule has 0 unspecified atom stereocenters. The molecule has 0 spiro atoms. The molecule has 0 bridgehead atoms. The second-order valence-corrected chi connectivity index (χ2v) is 8.60. The number of amides is 1. The van der Waals surface area contributed by atoms with Gasteiger partial charge in [0.05, 0.1) is 10.7 Å². The molecule has 0 aliphatic heterocycles. The summed E-state index contributed by atoms with van der Waals surface area (Å²) in [6.45, 7) is 5.55. The zero-order valence-corrected chi connectivity index (χ0v) is 17.3. The summed E-state index contributed by atoms with van der Waals surface area (Å²) < 4.78 is 7.91. The molecular weight excluding hydrogens is 398 g/mol. The number of anilines is 2. The summed E-state index contributed by atoms with van der Waals surface area (Å²) in [4.78, 5) is 18.7. The summed E-state index contributed by atoms with van der Waals surface area (Å²) in [5.41, 5.74) is 0.0990. The van der Waals surface area contributed by atoms with E-state index in [9.17, 15) is 4.79 Å². The van der Waals surface area contributed by atoms with Gasteiger partial charge >= 0.3 is 6.09 Å². The number of fused-ring (bicyclic) bond motifs is 1. The zero-order chi connectivity index (χ0) is 18.9. The molecule has 8 heteroatoms. The lowest BCUT2D eigenvalue weighted by molar-refractivity contribution is 0.0588. The van der Waals surface area contributed by atoms with Crippen LogP contribution in [0.5, 0.6) is 0 Å². The molecule has 1 saturated carbocycles. The van der Waals surface area contributed by atoms with Crippen LogP contribution >= 0.6 is 15.9 Å². The first kappa shape index (κ1) is 18.9. The molecule has 7 nitrogen and oxygen atoms in total. The molecule has 1 fully saturated rings. The third kappa shape index (κ3) is 4.28. The van der Waals surface area contributed by atoms with Gasteiger partial charge in [0, 0.05) is 19.2 Å². The molecule has 0 radical (unpaired) electrons. The van der Waals surface area contributed by atoms with Gasteiger partial charge in [-0.25, -0.2) is 9.78 Å². The van der Waals surface area contributed by atoms with Crippen LogP contribution < -0.4 is 10.2 Å². The van der Waals surface area contributed by atoms with Crippen molar-refractivity contribution in [3.05, 3.63) is 16.7 Å². The van der Waals surface area contributed by atoms with Gasteiger partial charge in [0.2, 0.25) is 0 Å². The normalized spacial score (nSPS) is 15.9. The Balaban J connectivity index is 1.93. The number of hydrogen-bond donors (Lipinski definition) is 1. The Morgan fingerprint density at radius 2 is 2.04 bits per heavy atom. The van der Waals surface area contributed by atoms with Crippen LogP contribution in [0.25, 0.3) is 5.65 Å². The Morgan fingerprint density at radius 3 is 2.69 bits per heavy atom. The van der Waals surface area contributed by atoms with Crippen molar-refractivity contribution in [2.75, 3.05) is 17.3 Å². The van der Waals surface area contributed by atoms with Crippen molar-refractivity contribution in [2.24, 2.45) is 0 Å². The molecule has 2 heterocycles. The molecule has 0 saturated heterocycles. The molecule has 0 atom stereocenters. The fourth-order valence-electron chi connectivity index (χ4n) is 3.11. The Morgan fingerprint density at radius 1 is 1.35 bits per heavy atom. The van der Waals surface area contributed by atoms with Crippen LogP contribution in [0.1, 0.15) is 52.9 Å². The highest BCUT2D eigenvalue weighted by atomic mass is 79.9. The highest BCUT2D eigenvalue weighted by Crippen LogP contribution is 2.27. The molecule has 1 aliphatic carbocycles. The van der Waals surface area contributed by atoms with Crippen LogP contribution in [0.15, 0.2) is 16.7 Å². The SMILES string of the molecule is CN(C(=O)OC(C)(C)C)c1cc(NC2CCCCC2)nc2c(Br)cnn12. The third-order valence-electron chi connectivity index (χ3n) is 4.38. The summed E-state index contributed by atoms with van der Waals surface area (Å²) in [5, 5.41) is 7.86. The smallest absolute Gasteiger partial charge is 0.415 e. The van der Waals surface area contributed by atoms with Crippen molar-refractivity contribution < 1.29 is 9.53 Å². The largest absolute Gasteiger partial charge is 0.443 e. The standard InChI is InChI=1S/C18H26BrN5O2/c1-18(2,3)26-17(25)23(4)15-10-14(21-12-8-6-5-7-9-12)22-16-13(19)11-20-24(15)16/h10-12H,5-9H2,1-4H3,(H,21,22). The Kier molecular flexibility index (Phi) is 5.41. The molecule has 1 amide bonds. The van der Waals surface area contributed by atoms with Crippen molar-refractivity contribution in [3.8, 4) is 0 Å². The monoisotopic (exact) mass is 423 g/mol. The van der Waals surface area contributed by atoms with E-state index in [2.05, 4.69) is 31.3 Å². The highest BCUT2D eigenvalue weighted by Gasteiger charge is 2.24. The van der Waals surface area contributed by atoms with Gasteiger partial charge in [0.1, 0.15) is 17.2 Å². The van der Waals surface area contributed by atoms with E-state index in [-0.39, 0.29) is 0 Å². The van der Waals surface area contributed by atoms with Crippen LogP contribution in [0.4, 0.5) is 16.4 Å². The number of aromatic nitrogens is 3. The number of halogens is 1. The van der Waals surface area contributed by atoms with E-state index in [4.69, 9.17) is 4.74 Å². The third-order valence-corrected chi connectivity index (χ3v) is 4.94. The van der Waals surface area contributed by atoms with E-state index >= 15 is 0 Å². The Bertz CT molecular complexity index is 793. The summed E-state index contributed by atoms with van der Waals surface area (Å²) in [6, 6.07) is 2.27. The minimum absolute atomic E-state index is 0.417. The van der Waals surface area contributed by atoms with Crippen molar-refractivity contribution in [2.45, 2.75) is 64.5 Å². The van der Waals surface area contributed by atoms with Crippen LogP contribution in [0.2, 0.25) is 0 Å². The van der Waals surface area contributed by atoms with Gasteiger partial charge in [-0.05, 0) is 49.5 Å². The van der Waals surface area contributed by atoms with E-state index in [1.165, 1.54) is 24.2 Å². The molecule has 0 aromatic carbocycles. The lowest BCUT2D eigenvalue weighted by Crippen LogP contribution is -2.35. The molecule has 26 heavy (non-hydrogen) atoms. The fraction of sp³-hybridized carbons (Fsp3) is 0.611. The summed E-state index contributed by atoms with van der Waals surface area (Å²) in [7, 11) is 1.68. The first-order valence-electron chi connectivity index (χ1n) is 9.02. The topological polar surface area (TPSA) is 71.8 Å². The predicted molar refractivity (Wildman–Crippen MR) is 106 cm³/mol. The zero-order valence-electron chi connectivity index (χ0n) is 15.8. The maximum atomic E-state index is 12.5. The van der Waals surface area contributed by atoms with Crippen molar-refractivity contribution in [1.82, 2.24) is 14.6 Å². The quantitative estimate of drug-likeness (QED) is 0.779. The number of nitrogens with zero attached hydrogens (tertiary/aromatic N) is 4. The van der Waals surface area contributed by atoms with Gasteiger partial charge in [-0.2, -0.15) is 9.61 Å². The first-order chi connectivity index (χ1) is 12.2. The Labute approximate surface area is 162 Å².